The van der Waals surface area contributed by atoms with Gasteiger partial charge in [0.15, 0.2) is 17.7 Å². The number of hydrogen-bond donors (Lipinski definition) is 1. The Labute approximate surface area is 164 Å². The van der Waals surface area contributed by atoms with Crippen molar-refractivity contribution in [2.24, 2.45) is 0 Å². The first-order valence-electron chi connectivity index (χ1n) is 9.93. The first-order chi connectivity index (χ1) is 13.7. The molecule has 7 heteroatoms. The number of carbonyl (C=O) groups excluding carboxylic acids is 1. The van der Waals surface area contributed by atoms with Crippen LogP contribution in [0.25, 0.3) is 0 Å². The minimum Gasteiger partial charge on any atom is -0.478 e. The highest BCUT2D eigenvalue weighted by molar-refractivity contribution is 5.81. The third kappa shape index (κ3) is 3.85. The van der Waals surface area contributed by atoms with Gasteiger partial charge in [-0.1, -0.05) is 19.1 Å². The summed E-state index contributed by atoms with van der Waals surface area (Å²) in [5, 5.41) is 3.42. The van der Waals surface area contributed by atoms with Gasteiger partial charge in [0.1, 0.15) is 5.82 Å². The molecule has 4 rings (SSSR count). The third-order valence-corrected chi connectivity index (χ3v) is 5.39. The maximum Gasteiger partial charge on any atom is 0.263 e. The fourth-order valence-corrected chi connectivity index (χ4v) is 3.80. The molecular formula is C21H25FN4O2. The Morgan fingerprint density at radius 3 is 3.04 bits per heavy atom. The van der Waals surface area contributed by atoms with Crippen LogP contribution in [0.4, 0.5) is 4.39 Å². The normalized spacial score (nSPS) is 19.9. The number of benzene rings is 1. The van der Waals surface area contributed by atoms with Crippen molar-refractivity contribution in [1.82, 2.24) is 20.2 Å². The van der Waals surface area contributed by atoms with Crippen molar-refractivity contribution in [3.8, 4) is 5.75 Å². The Morgan fingerprint density at radius 2 is 2.29 bits per heavy atom. The van der Waals surface area contributed by atoms with Crippen LogP contribution in [0.1, 0.15) is 49.3 Å². The Hall–Kier alpha value is -2.54. The number of para-hydroxylation sites is 1. The molecule has 2 atom stereocenters. The molecule has 1 aromatic heterocycles. The predicted molar refractivity (Wildman–Crippen MR) is 102 cm³/mol. The minimum atomic E-state index is -0.707. The average Bonchev–Trinajstić information content (AvgIpc) is 3.27. The van der Waals surface area contributed by atoms with E-state index >= 15 is 0 Å². The molecule has 28 heavy (non-hydrogen) atoms. The molecule has 0 saturated carbocycles. The standard InChI is InChI=1S/C21H25FN4O2/c1-2-18(28-19-8-4-3-6-15(19)22)21(27)26-11-9-16-14(13-26)12-24-20(25-16)17-7-5-10-23-17/h3-4,6,8,12,17-18,23H,2,5,7,9-11,13H2,1H3/t17-,18+/m0/s1. The van der Waals surface area contributed by atoms with Gasteiger partial charge in [0.2, 0.25) is 0 Å². The van der Waals surface area contributed by atoms with Gasteiger partial charge in [0.25, 0.3) is 5.91 Å². The first kappa shape index (κ1) is 18.8. The van der Waals surface area contributed by atoms with Crippen LogP contribution >= 0.6 is 0 Å². The van der Waals surface area contributed by atoms with Crippen molar-refractivity contribution in [3.05, 3.63) is 53.4 Å². The van der Waals surface area contributed by atoms with E-state index < -0.39 is 11.9 Å². The lowest BCUT2D eigenvalue weighted by atomic mass is 10.1. The van der Waals surface area contributed by atoms with Gasteiger partial charge in [0, 0.05) is 31.3 Å². The van der Waals surface area contributed by atoms with Gasteiger partial charge in [-0.3, -0.25) is 4.79 Å². The zero-order valence-corrected chi connectivity index (χ0v) is 16.0. The van der Waals surface area contributed by atoms with Crippen molar-refractivity contribution >= 4 is 5.91 Å². The van der Waals surface area contributed by atoms with E-state index in [1.807, 2.05) is 13.1 Å². The van der Waals surface area contributed by atoms with E-state index in [1.165, 1.54) is 6.07 Å². The molecule has 3 heterocycles. The lowest BCUT2D eigenvalue weighted by molar-refractivity contribution is -0.140. The van der Waals surface area contributed by atoms with Crippen LogP contribution in [-0.2, 0) is 17.8 Å². The number of rotatable bonds is 5. The van der Waals surface area contributed by atoms with Crippen LogP contribution in [0.15, 0.2) is 30.5 Å². The molecule has 1 aromatic carbocycles. The van der Waals surface area contributed by atoms with Crippen LogP contribution in [0.2, 0.25) is 0 Å². The molecule has 2 aliphatic rings. The number of carbonyl (C=O) groups is 1. The second-order valence-corrected chi connectivity index (χ2v) is 7.30. The Kier molecular flexibility index (Phi) is 5.52. The molecule has 1 amide bonds. The first-order valence-corrected chi connectivity index (χ1v) is 9.93. The molecule has 0 unspecified atom stereocenters. The van der Waals surface area contributed by atoms with E-state index in [-0.39, 0.29) is 17.7 Å². The van der Waals surface area contributed by atoms with Crippen LogP contribution in [0.3, 0.4) is 0 Å². The van der Waals surface area contributed by atoms with Gasteiger partial charge in [-0.15, -0.1) is 0 Å². The summed E-state index contributed by atoms with van der Waals surface area (Å²) in [6.07, 6.45) is 4.51. The molecule has 0 spiro atoms. The molecule has 2 aromatic rings. The number of halogens is 1. The molecule has 1 saturated heterocycles. The Morgan fingerprint density at radius 1 is 1.43 bits per heavy atom. The van der Waals surface area contributed by atoms with Crippen molar-refractivity contribution in [2.75, 3.05) is 13.1 Å². The van der Waals surface area contributed by atoms with Gasteiger partial charge >= 0.3 is 0 Å². The summed E-state index contributed by atoms with van der Waals surface area (Å²) in [7, 11) is 0. The van der Waals surface area contributed by atoms with E-state index in [0.717, 1.165) is 36.5 Å². The lowest BCUT2D eigenvalue weighted by Crippen LogP contribution is -2.44. The van der Waals surface area contributed by atoms with Gasteiger partial charge < -0.3 is 15.0 Å². The van der Waals surface area contributed by atoms with Crippen LogP contribution in [0.5, 0.6) is 5.75 Å². The Bertz CT molecular complexity index is 854. The van der Waals surface area contributed by atoms with E-state index in [0.29, 0.717) is 25.9 Å². The summed E-state index contributed by atoms with van der Waals surface area (Å²) in [6, 6.07) is 6.41. The topological polar surface area (TPSA) is 67.3 Å². The maximum absolute atomic E-state index is 13.9. The second-order valence-electron chi connectivity index (χ2n) is 7.30. The van der Waals surface area contributed by atoms with Gasteiger partial charge in [0.05, 0.1) is 11.7 Å². The zero-order valence-electron chi connectivity index (χ0n) is 16.0. The summed E-state index contributed by atoms with van der Waals surface area (Å²) in [4.78, 5) is 24.0. The highest BCUT2D eigenvalue weighted by Gasteiger charge is 2.30. The number of nitrogens with zero attached hydrogens (tertiary/aromatic N) is 3. The quantitative estimate of drug-likeness (QED) is 0.859. The number of amides is 1. The van der Waals surface area contributed by atoms with Crippen molar-refractivity contribution in [1.29, 1.82) is 0 Å². The fourth-order valence-electron chi connectivity index (χ4n) is 3.80. The molecule has 0 bridgehead atoms. The number of hydrogen-bond acceptors (Lipinski definition) is 5. The molecule has 1 N–H and O–H groups in total. The van der Waals surface area contributed by atoms with Gasteiger partial charge in [-0.05, 0) is 37.9 Å². The number of aromatic nitrogens is 2. The van der Waals surface area contributed by atoms with Crippen molar-refractivity contribution in [3.63, 3.8) is 0 Å². The summed E-state index contributed by atoms with van der Waals surface area (Å²) in [5.74, 6) is 0.375. The highest BCUT2D eigenvalue weighted by Crippen LogP contribution is 2.24. The van der Waals surface area contributed by atoms with E-state index in [4.69, 9.17) is 9.72 Å². The lowest BCUT2D eigenvalue weighted by Gasteiger charge is -2.31. The van der Waals surface area contributed by atoms with Gasteiger partial charge in [-0.25, -0.2) is 14.4 Å². The summed E-state index contributed by atoms with van der Waals surface area (Å²) >= 11 is 0. The van der Waals surface area contributed by atoms with Crippen LogP contribution in [-0.4, -0.2) is 40.0 Å². The highest BCUT2D eigenvalue weighted by atomic mass is 19.1. The molecular weight excluding hydrogens is 359 g/mol. The van der Waals surface area contributed by atoms with Crippen LogP contribution < -0.4 is 10.1 Å². The van der Waals surface area contributed by atoms with Crippen molar-refractivity contribution in [2.45, 2.75) is 51.3 Å². The molecule has 0 radical (unpaired) electrons. The minimum absolute atomic E-state index is 0.108. The monoisotopic (exact) mass is 384 g/mol. The van der Waals surface area contributed by atoms with E-state index in [9.17, 15) is 9.18 Å². The number of ether oxygens (including phenoxy) is 1. The maximum atomic E-state index is 13.9. The molecule has 2 aliphatic heterocycles. The second kappa shape index (κ2) is 8.22. The molecule has 6 nitrogen and oxygen atoms in total. The Balaban J connectivity index is 1.45. The van der Waals surface area contributed by atoms with Crippen LogP contribution in [0, 0.1) is 5.82 Å². The fraction of sp³-hybridized carbons (Fsp3) is 0.476. The third-order valence-electron chi connectivity index (χ3n) is 5.39. The number of nitrogens with one attached hydrogen (secondary N) is 1. The number of fused-ring (bicyclic) bond motifs is 1. The van der Waals surface area contributed by atoms with E-state index in [1.54, 1.807) is 23.1 Å². The van der Waals surface area contributed by atoms with E-state index in [2.05, 4.69) is 10.3 Å². The summed E-state index contributed by atoms with van der Waals surface area (Å²) in [6.45, 7) is 3.92. The largest absolute Gasteiger partial charge is 0.478 e. The molecule has 0 aliphatic carbocycles. The zero-order chi connectivity index (χ0) is 19.5. The summed E-state index contributed by atoms with van der Waals surface area (Å²) < 4.78 is 19.6. The smallest absolute Gasteiger partial charge is 0.263 e. The SMILES string of the molecule is CC[C@@H](Oc1ccccc1F)C(=O)N1CCc2nc([C@@H]3CCCN3)ncc2C1. The van der Waals surface area contributed by atoms with Gasteiger partial charge in [-0.2, -0.15) is 0 Å². The molecule has 148 valence electrons. The average molecular weight is 384 g/mol. The van der Waals surface area contributed by atoms with Crippen molar-refractivity contribution < 1.29 is 13.9 Å². The molecule has 1 fully saturated rings. The predicted octanol–water partition coefficient (Wildman–Crippen LogP) is 2.78. The summed E-state index contributed by atoms with van der Waals surface area (Å²) in [5.41, 5.74) is 1.99.